The van der Waals surface area contributed by atoms with Gasteiger partial charge in [-0.2, -0.15) is 5.10 Å². The van der Waals surface area contributed by atoms with E-state index in [-0.39, 0.29) is 12.2 Å². The van der Waals surface area contributed by atoms with E-state index in [9.17, 15) is 9.59 Å². The molecule has 128 valence electrons. The molecule has 7 nitrogen and oxygen atoms in total. The lowest BCUT2D eigenvalue weighted by molar-refractivity contribution is -0.137. The molecular weight excluding hydrogens is 310 g/mol. The predicted octanol–water partition coefficient (Wildman–Crippen LogP) is 2.13. The van der Waals surface area contributed by atoms with E-state index in [1.807, 2.05) is 32.0 Å². The fraction of sp³-hybridized carbons (Fsp3) is 0.353. The third-order valence-electron chi connectivity index (χ3n) is 3.50. The number of methoxy groups -OCH3 is 1. The number of carbonyl (C=O) groups excluding carboxylic acids is 1. The number of ether oxygens (including phenoxy) is 1. The van der Waals surface area contributed by atoms with Crippen molar-refractivity contribution in [2.75, 3.05) is 20.2 Å². The molecule has 2 aromatic rings. The zero-order chi connectivity index (χ0) is 17.7. The van der Waals surface area contributed by atoms with Gasteiger partial charge in [0.1, 0.15) is 18.0 Å². The minimum Gasteiger partial charge on any atom is -0.494 e. The van der Waals surface area contributed by atoms with Crippen LogP contribution in [0.1, 0.15) is 29.4 Å². The Morgan fingerprint density at radius 2 is 2.08 bits per heavy atom. The van der Waals surface area contributed by atoms with Crippen LogP contribution in [0.2, 0.25) is 0 Å². The quantitative estimate of drug-likeness (QED) is 0.840. The molecule has 0 fully saturated rings. The second-order valence-electron chi connectivity index (χ2n) is 5.44. The molecule has 0 aliphatic heterocycles. The number of carboxylic acid groups (broad SMARTS) is 1. The van der Waals surface area contributed by atoms with Crippen LogP contribution in [0.15, 0.2) is 30.5 Å². The molecule has 1 N–H and O–H groups in total. The number of carbonyl (C=O) groups is 2. The van der Waals surface area contributed by atoms with Crippen molar-refractivity contribution >= 4 is 11.9 Å². The molecule has 1 heterocycles. The van der Waals surface area contributed by atoms with Gasteiger partial charge in [-0.05, 0) is 37.1 Å². The third-order valence-corrected chi connectivity index (χ3v) is 3.50. The third kappa shape index (κ3) is 3.92. The maximum atomic E-state index is 12.5. The summed E-state index contributed by atoms with van der Waals surface area (Å²) in [7, 11) is 1.57. The van der Waals surface area contributed by atoms with Gasteiger partial charge in [-0.3, -0.25) is 9.59 Å². The Morgan fingerprint density at radius 1 is 1.33 bits per heavy atom. The fourth-order valence-electron chi connectivity index (χ4n) is 2.40. The van der Waals surface area contributed by atoms with Crippen LogP contribution in [0.3, 0.4) is 0 Å². The summed E-state index contributed by atoms with van der Waals surface area (Å²) < 4.78 is 6.89. The number of carboxylic acids is 1. The molecule has 0 radical (unpaired) electrons. The van der Waals surface area contributed by atoms with Gasteiger partial charge in [0.2, 0.25) is 0 Å². The first-order valence-electron chi connectivity index (χ1n) is 7.68. The van der Waals surface area contributed by atoms with Crippen LogP contribution >= 0.6 is 0 Å². The van der Waals surface area contributed by atoms with Crippen molar-refractivity contribution < 1.29 is 19.4 Å². The van der Waals surface area contributed by atoms with E-state index >= 15 is 0 Å². The average Bonchev–Trinajstić information content (AvgIpc) is 3.03. The summed E-state index contributed by atoms with van der Waals surface area (Å²) in [6.07, 6.45) is 2.33. The van der Waals surface area contributed by atoms with E-state index in [1.54, 1.807) is 24.1 Å². The number of benzene rings is 1. The van der Waals surface area contributed by atoms with Gasteiger partial charge in [-0.1, -0.05) is 13.0 Å². The van der Waals surface area contributed by atoms with Crippen molar-refractivity contribution in [3.8, 4) is 11.4 Å². The first-order valence-corrected chi connectivity index (χ1v) is 7.68. The van der Waals surface area contributed by atoms with Crippen LogP contribution in [0.25, 0.3) is 5.69 Å². The summed E-state index contributed by atoms with van der Waals surface area (Å²) in [4.78, 5) is 24.7. The Morgan fingerprint density at radius 3 is 2.71 bits per heavy atom. The Balaban J connectivity index is 2.31. The highest BCUT2D eigenvalue weighted by molar-refractivity contribution is 5.94. The Bertz CT molecular complexity index is 739. The number of aryl methyl sites for hydroxylation is 1. The maximum Gasteiger partial charge on any atom is 0.323 e. The van der Waals surface area contributed by atoms with E-state index in [2.05, 4.69) is 5.10 Å². The molecule has 0 saturated carbocycles. The summed E-state index contributed by atoms with van der Waals surface area (Å²) in [5, 5.41) is 13.2. The lowest BCUT2D eigenvalue weighted by Crippen LogP contribution is -2.36. The van der Waals surface area contributed by atoms with Crippen LogP contribution in [-0.2, 0) is 4.79 Å². The van der Waals surface area contributed by atoms with Gasteiger partial charge in [0.15, 0.2) is 5.69 Å². The van der Waals surface area contributed by atoms with Crippen LogP contribution < -0.4 is 4.74 Å². The number of amides is 1. The van der Waals surface area contributed by atoms with E-state index < -0.39 is 11.9 Å². The second-order valence-corrected chi connectivity index (χ2v) is 5.44. The molecule has 1 aromatic heterocycles. The SMILES string of the molecule is CCCN(CC(=O)O)C(=O)c1ccn(-c2cc(C)ccc2OC)n1. The van der Waals surface area contributed by atoms with Crippen LogP contribution in [0, 0.1) is 6.92 Å². The smallest absolute Gasteiger partial charge is 0.323 e. The molecule has 24 heavy (non-hydrogen) atoms. The summed E-state index contributed by atoms with van der Waals surface area (Å²) in [6, 6.07) is 7.24. The molecule has 0 saturated heterocycles. The first kappa shape index (κ1) is 17.5. The Hall–Kier alpha value is -2.83. The standard InChI is InChI=1S/C17H21N3O4/c1-4-8-19(11-16(21)22)17(23)13-7-9-20(18-13)14-10-12(2)5-6-15(14)24-3/h5-7,9-10H,4,8,11H2,1-3H3,(H,21,22). The van der Waals surface area contributed by atoms with E-state index in [4.69, 9.17) is 9.84 Å². The Kier molecular flexibility index (Phi) is 5.57. The van der Waals surface area contributed by atoms with Crippen molar-refractivity contribution in [2.45, 2.75) is 20.3 Å². The molecule has 0 aliphatic carbocycles. The van der Waals surface area contributed by atoms with Gasteiger partial charge in [0.05, 0.1) is 7.11 Å². The van der Waals surface area contributed by atoms with Crippen molar-refractivity contribution in [1.29, 1.82) is 0 Å². The Labute approximate surface area is 140 Å². The number of hydrogen-bond donors (Lipinski definition) is 1. The van der Waals surface area contributed by atoms with Gasteiger partial charge in [0.25, 0.3) is 5.91 Å². The molecule has 0 bridgehead atoms. The lowest BCUT2D eigenvalue weighted by Gasteiger charge is -2.18. The molecular formula is C17H21N3O4. The largest absolute Gasteiger partial charge is 0.494 e. The summed E-state index contributed by atoms with van der Waals surface area (Å²) >= 11 is 0. The van der Waals surface area contributed by atoms with E-state index in [0.29, 0.717) is 18.7 Å². The van der Waals surface area contributed by atoms with Gasteiger partial charge in [-0.25, -0.2) is 4.68 Å². The van der Waals surface area contributed by atoms with Crippen LogP contribution in [0.5, 0.6) is 5.75 Å². The van der Waals surface area contributed by atoms with Gasteiger partial charge in [0, 0.05) is 12.7 Å². The monoisotopic (exact) mass is 331 g/mol. The predicted molar refractivity (Wildman–Crippen MR) is 88.7 cm³/mol. The first-order chi connectivity index (χ1) is 11.5. The summed E-state index contributed by atoms with van der Waals surface area (Å²) in [5.74, 6) is -0.806. The highest BCUT2D eigenvalue weighted by atomic mass is 16.5. The molecule has 0 atom stereocenters. The number of aromatic nitrogens is 2. The molecule has 1 aromatic carbocycles. The van der Waals surface area contributed by atoms with Crippen LogP contribution in [-0.4, -0.2) is 51.9 Å². The number of aliphatic carboxylic acids is 1. The minimum atomic E-state index is -1.04. The number of rotatable bonds is 7. The second kappa shape index (κ2) is 7.63. The number of hydrogen-bond acceptors (Lipinski definition) is 4. The van der Waals surface area contributed by atoms with Gasteiger partial charge in [-0.15, -0.1) is 0 Å². The van der Waals surface area contributed by atoms with Crippen molar-refractivity contribution in [1.82, 2.24) is 14.7 Å². The van der Waals surface area contributed by atoms with Crippen molar-refractivity contribution in [3.63, 3.8) is 0 Å². The lowest BCUT2D eigenvalue weighted by atomic mass is 10.2. The maximum absolute atomic E-state index is 12.5. The zero-order valence-corrected chi connectivity index (χ0v) is 14.0. The van der Waals surface area contributed by atoms with Gasteiger partial charge >= 0.3 is 5.97 Å². The van der Waals surface area contributed by atoms with Gasteiger partial charge < -0.3 is 14.7 Å². The fourth-order valence-corrected chi connectivity index (χ4v) is 2.40. The van der Waals surface area contributed by atoms with E-state index in [0.717, 1.165) is 11.3 Å². The molecule has 0 spiro atoms. The molecule has 2 rings (SSSR count). The zero-order valence-electron chi connectivity index (χ0n) is 14.0. The van der Waals surface area contributed by atoms with Crippen molar-refractivity contribution in [2.24, 2.45) is 0 Å². The minimum absolute atomic E-state index is 0.202. The highest BCUT2D eigenvalue weighted by Gasteiger charge is 2.20. The normalized spacial score (nSPS) is 10.5. The number of nitrogens with zero attached hydrogens (tertiary/aromatic N) is 3. The van der Waals surface area contributed by atoms with Crippen molar-refractivity contribution in [3.05, 3.63) is 41.7 Å². The molecule has 7 heteroatoms. The average molecular weight is 331 g/mol. The summed E-state index contributed by atoms with van der Waals surface area (Å²) in [5.41, 5.74) is 1.96. The highest BCUT2D eigenvalue weighted by Crippen LogP contribution is 2.23. The van der Waals surface area contributed by atoms with Crippen LogP contribution in [0.4, 0.5) is 0 Å². The van der Waals surface area contributed by atoms with E-state index in [1.165, 1.54) is 4.90 Å². The molecule has 0 aliphatic rings. The summed E-state index contributed by atoms with van der Waals surface area (Å²) in [6.45, 7) is 3.87. The molecule has 1 amide bonds. The topological polar surface area (TPSA) is 84.7 Å². The molecule has 0 unspecified atom stereocenters.